The first-order valence-corrected chi connectivity index (χ1v) is 7.11. The fourth-order valence-electron chi connectivity index (χ4n) is 1.25. The summed E-state index contributed by atoms with van der Waals surface area (Å²) < 4.78 is 59.7. The minimum absolute atomic E-state index is 0.152. The van der Waals surface area contributed by atoms with Gasteiger partial charge in [-0.3, -0.25) is 9.35 Å². The van der Waals surface area contributed by atoms with Crippen molar-refractivity contribution >= 4 is 22.1 Å². The first-order chi connectivity index (χ1) is 9.68. The summed E-state index contributed by atoms with van der Waals surface area (Å²) in [6, 6.07) is 6.66. The molecule has 6 nitrogen and oxygen atoms in total. The standard InChI is InChI=1S/C12H13F2NO5S/c1-2-9-3-5-10(6-4-9)20-8-7-15-11(16)12(13,14)21(17,18)19/h2-6H,1,7-8H2,(H,15,16)(H,17,18,19). The number of ether oxygens (including phenoxy) is 1. The van der Waals surface area contributed by atoms with Crippen LogP contribution in [0.4, 0.5) is 8.78 Å². The summed E-state index contributed by atoms with van der Waals surface area (Å²) >= 11 is 0. The second kappa shape index (κ2) is 6.64. The van der Waals surface area contributed by atoms with Crippen molar-refractivity contribution in [3.63, 3.8) is 0 Å². The van der Waals surface area contributed by atoms with Crippen LogP contribution in [0.3, 0.4) is 0 Å². The average Bonchev–Trinajstić information content (AvgIpc) is 2.42. The van der Waals surface area contributed by atoms with Crippen molar-refractivity contribution in [2.45, 2.75) is 5.25 Å². The molecule has 0 fully saturated rings. The molecule has 0 saturated heterocycles. The molecular weight excluding hydrogens is 308 g/mol. The first kappa shape index (κ1) is 17.1. The number of benzene rings is 1. The number of amides is 1. The molecule has 0 unspecified atom stereocenters. The number of carbonyl (C=O) groups is 1. The lowest BCUT2D eigenvalue weighted by Gasteiger charge is -2.13. The Hall–Kier alpha value is -2.00. The van der Waals surface area contributed by atoms with Crippen LogP contribution in [0.5, 0.6) is 5.75 Å². The van der Waals surface area contributed by atoms with Crippen LogP contribution in [-0.4, -0.2) is 37.3 Å². The summed E-state index contributed by atoms with van der Waals surface area (Å²) in [7, 11) is -5.79. The van der Waals surface area contributed by atoms with Crippen molar-refractivity contribution in [3.05, 3.63) is 36.4 Å². The molecule has 21 heavy (non-hydrogen) atoms. The van der Waals surface area contributed by atoms with Crippen LogP contribution in [-0.2, 0) is 14.9 Å². The van der Waals surface area contributed by atoms with Crippen LogP contribution in [0.15, 0.2) is 30.8 Å². The van der Waals surface area contributed by atoms with E-state index in [-0.39, 0.29) is 13.2 Å². The molecule has 0 aliphatic rings. The number of nitrogens with one attached hydrogen (secondary N) is 1. The summed E-state index contributed by atoms with van der Waals surface area (Å²) in [6.07, 6.45) is 1.63. The van der Waals surface area contributed by atoms with E-state index in [1.54, 1.807) is 35.7 Å². The van der Waals surface area contributed by atoms with Crippen molar-refractivity contribution in [3.8, 4) is 5.75 Å². The minimum Gasteiger partial charge on any atom is -0.492 e. The molecule has 0 atom stereocenters. The fraction of sp³-hybridized carbons (Fsp3) is 0.250. The lowest BCUT2D eigenvalue weighted by molar-refractivity contribution is -0.136. The Morgan fingerprint density at radius 2 is 1.95 bits per heavy atom. The summed E-state index contributed by atoms with van der Waals surface area (Å²) in [5.74, 6) is -1.67. The molecule has 116 valence electrons. The van der Waals surface area contributed by atoms with E-state index in [4.69, 9.17) is 9.29 Å². The Morgan fingerprint density at radius 3 is 2.43 bits per heavy atom. The molecule has 0 bridgehead atoms. The van der Waals surface area contributed by atoms with Gasteiger partial charge in [-0.25, -0.2) is 0 Å². The zero-order valence-electron chi connectivity index (χ0n) is 10.8. The van der Waals surface area contributed by atoms with Gasteiger partial charge in [-0.1, -0.05) is 24.8 Å². The zero-order chi connectivity index (χ0) is 16.1. The van der Waals surface area contributed by atoms with Gasteiger partial charge < -0.3 is 10.1 Å². The molecule has 0 aliphatic heterocycles. The normalized spacial score (nSPS) is 11.8. The quantitative estimate of drug-likeness (QED) is 0.583. The predicted octanol–water partition coefficient (Wildman–Crippen LogP) is 1.31. The topological polar surface area (TPSA) is 92.7 Å². The van der Waals surface area contributed by atoms with Gasteiger partial charge in [0.05, 0.1) is 6.54 Å². The van der Waals surface area contributed by atoms with Gasteiger partial charge in [0.2, 0.25) is 0 Å². The van der Waals surface area contributed by atoms with Gasteiger partial charge in [0.1, 0.15) is 12.4 Å². The lowest BCUT2D eigenvalue weighted by atomic mass is 10.2. The molecule has 0 heterocycles. The predicted molar refractivity (Wildman–Crippen MR) is 71.5 cm³/mol. The Bertz CT molecular complexity index is 613. The molecule has 1 amide bonds. The van der Waals surface area contributed by atoms with Crippen LogP contribution >= 0.6 is 0 Å². The van der Waals surface area contributed by atoms with Crippen molar-refractivity contribution in [1.29, 1.82) is 0 Å². The molecular formula is C12H13F2NO5S. The van der Waals surface area contributed by atoms with Gasteiger partial charge in [-0.05, 0) is 17.7 Å². The van der Waals surface area contributed by atoms with E-state index in [1.807, 2.05) is 0 Å². The molecule has 1 aromatic rings. The summed E-state index contributed by atoms with van der Waals surface area (Å²) in [5.41, 5.74) is 0.864. The van der Waals surface area contributed by atoms with Gasteiger partial charge in [-0.15, -0.1) is 0 Å². The van der Waals surface area contributed by atoms with Crippen LogP contribution in [0.2, 0.25) is 0 Å². The smallest absolute Gasteiger partial charge is 0.446 e. The average molecular weight is 321 g/mol. The maximum absolute atomic E-state index is 12.9. The van der Waals surface area contributed by atoms with E-state index in [9.17, 15) is 22.0 Å². The van der Waals surface area contributed by atoms with Gasteiger partial charge in [0.25, 0.3) is 0 Å². The number of hydrogen-bond acceptors (Lipinski definition) is 4. The van der Waals surface area contributed by atoms with E-state index >= 15 is 0 Å². The molecule has 1 rings (SSSR count). The summed E-state index contributed by atoms with van der Waals surface area (Å²) in [6.45, 7) is 3.06. The third-order valence-corrected chi connectivity index (χ3v) is 3.19. The van der Waals surface area contributed by atoms with Crippen molar-refractivity contribution in [2.24, 2.45) is 0 Å². The van der Waals surface area contributed by atoms with Gasteiger partial charge in [0, 0.05) is 0 Å². The Labute approximate surface area is 120 Å². The monoisotopic (exact) mass is 321 g/mol. The zero-order valence-corrected chi connectivity index (χ0v) is 11.6. The Kier molecular flexibility index (Phi) is 5.39. The highest BCUT2D eigenvalue weighted by Crippen LogP contribution is 2.20. The van der Waals surface area contributed by atoms with Gasteiger partial charge in [0.15, 0.2) is 0 Å². The van der Waals surface area contributed by atoms with Gasteiger partial charge in [-0.2, -0.15) is 17.2 Å². The number of alkyl halides is 2. The number of carbonyl (C=O) groups excluding carboxylic acids is 1. The lowest BCUT2D eigenvalue weighted by Crippen LogP contribution is -2.46. The molecule has 0 aliphatic carbocycles. The molecule has 0 radical (unpaired) electrons. The number of hydrogen-bond donors (Lipinski definition) is 2. The van der Waals surface area contributed by atoms with Crippen LogP contribution in [0, 0.1) is 0 Å². The van der Waals surface area contributed by atoms with Gasteiger partial charge >= 0.3 is 21.3 Å². The van der Waals surface area contributed by atoms with Crippen LogP contribution < -0.4 is 10.1 Å². The maximum Gasteiger partial charge on any atom is 0.446 e. The Morgan fingerprint density at radius 1 is 1.38 bits per heavy atom. The van der Waals surface area contributed by atoms with E-state index in [0.29, 0.717) is 5.75 Å². The third kappa shape index (κ3) is 4.50. The molecule has 0 spiro atoms. The first-order valence-electron chi connectivity index (χ1n) is 5.67. The number of rotatable bonds is 7. The molecule has 2 N–H and O–H groups in total. The molecule has 0 aromatic heterocycles. The SMILES string of the molecule is C=Cc1ccc(OCCNC(=O)C(F)(F)S(=O)(=O)O)cc1. The second-order valence-electron chi connectivity index (χ2n) is 3.87. The second-order valence-corrected chi connectivity index (χ2v) is 5.33. The molecule has 1 aromatic carbocycles. The van der Waals surface area contributed by atoms with Crippen LogP contribution in [0.25, 0.3) is 6.08 Å². The van der Waals surface area contributed by atoms with E-state index < -0.39 is 21.3 Å². The van der Waals surface area contributed by atoms with Crippen molar-refractivity contribution in [1.82, 2.24) is 5.32 Å². The highest BCUT2D eigenvalue weighted by Gasteiger charge is 2.52. The molecule has 9 heteroatoms. The highest BCUT2D eigenvalue weighted by atomic mass is 32.2. The molecule has 0 saturated carbocycles. The third-order valence-electron chi connectivity index (χ3n) is 2.36. The number of halogens is 2. The minimum atomic E-state index is -5.79. The fourth-order valence-corrected chi connectivity index (χ4v) is 1.56. The largest absolute Gasteiger partial charge is 0.492 e. The van der Waals surface area contributed by atoms with E-state index in [2.05, 4.69) is 6.58 Å². The summed E-state index contributed by atoms with van der Waals surface area (Å²) in [5, 5.41) is -3.24. The van der Waals surface area contributed by atoms with E-state index in [1.165, 1.54) is 0 Å². The van der Waals surface area contributed by atoms with Crippen LogP contribution in [0.1, 0.15) is 5.56 Å². The Balaban J connectivity index is 2.43. The highest BCUT2D eigenvalue weighted by molar-refractivity contribution is 7.87. The van der Waals surface area contributed by atoms with E-state index in [0.717, 1.165) is 5.56 Å². The summed E-state index contributed by atoms with van der Waals surface area (Å²) in [4.78, 5) is 10.9. The maximum atomic E-state index is 12.9. The van der Waals surface area contributed by atoms with Crippen molar-refractivity contribution in [2.75, 3.05) is 13.2 Å². The van der Waals surface area contributed by atoms with Crippen molar-refractivity contribution < 1.29 is 31.3 Å².